The van der Waals surface area contributed by atoms with Gasteiger partial charge in [-0.2, -0.15) is 0 Å². The van der Waals surface area contributed by atoms with Crippen molar-refractivity contribution >= 4 is 0 Å². The zero-order valence-electron chi connectivity index (χ0n) is 8.79. The summed E-state index contributed by atoms with van der Waals surface area (Å²) in [6.45, 7) is 2.01. The molecule has 74 valence electrons. The molecule has 0 heterocycles. The van der Waals surface area contributed by atoms with Crippen molar-refractivity contribution in [2.75, 3.05) is 14.2 Å². The maximum absolute atomic E-state index is 5.39. The summed E-state index contributed by atoms with van der Waals surface area (Å²) in [5, 5.41) is 3.05. The minimum Gasteiger partial charge on any atom is -0.496 e. The van der Waals surface area contributed by atoms with Crippen LogP contribution in [0.15, 0.2) is 18.2 Å². The van der Waals surface area contributed by atoms with Crippen LogP contribution in [0, 0.1) is 19.3 Å². The Hall–Kier alpha value is -1.46. The van der Waals surface area contributed by atoms with Gasteiger partial charge < -0.3 is 10.1 Å². The Kier molecular flexibility index (Phi) is 3.55. The number of methoxy groups -OCH3 is 1. The molecule has 0 bridgehead atoms. The minimum absolute atomic E-state index is 0.0514. The lowest BCUT2D eigenvalue weighted by molar-refractivity contribution is 0.411. The van der Waals surface area contributed by atoms with Crippen molar-refractivity contribution in [2.45, 2.75) is 13.0 Å². The first-order chi connectivity index (χ1) is 6.72. The molecule has 1 aromatic rings. The first kappa shape index (κ1) is 10.6. The lowest BCUT2D eigenvalue weighted by Crippen LogP contribution is -2.14. The average Bonchev–Trinajstić information content (AvgIpc) is 2.22. The van der Waals surface area contributed by atoms with Gasteiger partial charge in [-0.25, -0.2) is 0 Å². The third-order valence-electron chi connectivity index (χ3n) is 2.22. The normalized spacial score (nSPS) is 11.9. The molecule has 1 rings (SSSR count). The number of hydrogen-bond acceptors (Lipinski definition) is 2. The smallest absolute Gasteiger partial charge is 0.122 e. The second kappa shape index (κ2) is 4.69. The molecule has 0 radical (unpaired) electrons. The number of rotatable bonds is 3. The quantitative estimate of drug-likeness (QED) is 0.733. The SMILES string of the molecule is C#CC(NC)c1ccc(C)c(OC)c1. The molecule has 0 amide bonds. The summed E-state index contributed by atoms with van der Waals surface area (Å²) in [7, 11) is 3.51. The minimum atomic E-state index is -0.0514. The van der Waals surface area contributed by atoms with Gasteiger partial charge in [0.2, 0.25) is 0 Å². The molecular weight excluding hydrogens is 174 g/mol. The van der Waals surface area contributed by atoms with Crippen molar-refractivity contribution in [2.24, 2.45) is 0 Å². The molecule has 0 fully saturated rings. The monoisotopic (exact) mass is 189 g/mol. The van der Waals surface area contributed by atoms with E-state index in [-0.39, 0.29) is 6.04 Å². The van der Waals surface area contributed by atoms with E-state index in [9.17, 15) is 0 Å². The van der Waals surface area contributed by atoms with Crippen molar-refractivity contribution in [1.29, 1.82) is 0 Å². The van der Waals surface area contributed by atoms with E-state index in [4.69, 9.17) is 11.2 Å². The Bertz CT molecular complexity index is 352. The first-order valence-corrected chi connectivity index (χ1v) is 4.51. The van der Waals surface area contributed by atoms with Gasteiger partial charge in [0, 0.05) is 0 Å². The summed E-state index contributed by atoms with van der Waals surface area (Å²) < 4.78 is 5.23. The second-order valence-electron chi connectivity index (χ2n) is 3.12. The number of aryl methyl sites for hydroxylation is 1. The van der Waals surface area contributed by atoms with Crippen LogP contribution in [0.5, 0.6) is 5.75 Å². The predicted molar refractivity (Wildman–Crippen MR) is 58.4 cm³/mol. The van der Waals surface area contributed by atoms with Gasteiger partial charge in [-0.15, -0.1) is 6.42 Å². The van der Waals surface area contributed by atoms with Crippen LogP contribution < -0.4 is 10.1 Å². The van der Waals surface area contributed by atoms with Gasteiger partial charge in [0.25, 0.3) is 0 Å². The molecule has 0 spiro atoms. The Morgan fingerprint density at radius 2 is 2.21 bits per heavy atom. The predicted octanol–water partition coefficient (Wildman–Crippen LogP) is 1.90. The van der Waals surface area contributed by atoms with E-state index >= 15 is 0 Å². The van der Waals surface area contributed by atoms with Gasteiger partial charge >= 0.3 is 0 Å². The molecule has 1 atom stereocenters. The van der Waals surface area contributed by atoms with Gasteiger partial charge in [-0.05, 0) is 31.2 Å². The topological polar surface area (TPSA) is 21.3 Å². The third kappa shape index (κ3) is 2.07. The van der Waals surface area contributed by atoms with Gasteiger partial charge in [-0.1, -0.05) is 18.1 Å². The van der Waals surface area contributed by atoms with Gasteiger partial charge in [0.1, 0.15) is 5.75 Å². The molecule has 2 heteroatoms. The molecule has 0 aromatic heterocycles. The summed E-state index contributed by atoms with van der Waals surface area (Å²) >= 11 is 0. The summed E-state index contributed by atoms with van der Waals surface area (Å²) in [4.78, 5) is 0. The van der Waals surface area contributed by atoms with Crippen LogP contribution in [-0.2, 0) is 0 Å². The zero-order chi connectivity index (χ0) is 10.6. The number of benzene rings is 1. The van der Waals surface area contributed by atoms with E-state index < -0.39 is 0 Å². The van der Waals surface area contributed by atoms with Crippen molar-refractivity contribution in [3.63, 3.8) is 0 Å². The largest absolute Gasteiger partial charge is 0.496 e. The van der Waals surface area contributed by atoms with Crippen LogP contribution in [0.1, 0.15) is 17.2 Å². The van der Waals surface area contributed by atoms with E-state index in [2.05, 4.69) is 11.2 Å². The highest BCUT2D eigenvalue weighted by Crippen LogP contribution is 2.22. The lowest BCUT2D eigenvalue weighted by atomic mass is 10.1. The maximum Gasteiger partial charge on any atom is 0.122 e. The number of ether oxygens (including phenoxy) is 1. The van der Waals surface area contributed by atoms with Crippen LogP contribution >= 0.6 is 0 Å². The Morgan fingerprint density at radius 1 is 1.50 bits per heavy atom. The number of hydrogen-bond donors (Lipinski definition) is 1. The summed E-state index contributed by atoms with van der Waals surface area (Å²) in [6, 6.07) is 5.94. The van der Waals surface area contributed by atoms with Crippen molar-refractivity contribution in [3.05, 3.63) is 29.3 Å². The molecule has 0 saturated carbocycles. The molecule has 1 aromatic carbocycles. The molecule has 2 nitrogen and oxygen atoms in total. The lowest BCUT2D eigenvalue weighted by Gasteiger charge is -2.12. The van der Waals surface area contributed by atoms with E-state index in [1.165, 1.54) is 0 Å². The van der Waals surface area contributed by atoms with E-state index in [1.54, 1.807) is 7.11 Å². The van der Waals surface area contributed by atoms with E-state index in [1.807, 2.05) is 32.2 Å². The highest BCUT2D eigenvalue weighted by molar-refractivity contribution is 5.39. The molecule has 14 heavy (non-hydrogen) atoms. The average molecular weight is 189 g/mol. The Morgan fingerprint density at radius 3 is 2.71 bits per heavy atom. The van der Waals surface area contributed by atoms with Crippen molar-refractivity contribution < 1.29 is 4.74 Å². The Labute approximate surface area is 85.3 Å². The van der Waals surface area contributed by atoms with E-state index in [0.717, 1.165) is 16.9 Å². The molecule has 1 N–H and O–H groups in total. The van der Waals surface area contributed by atoms with Crippen LogP contribution in [0.2, 0.25) is 0 Å². The maximum atomic E-state index is 5.39. The van der Waals surface area contributed by atoms with Crippen molar-refractivity contribution in [3.8, 4) is 18.1 Å². The molecule has 0 aliphatic carbocycles. The number of nitrogens with one attached hydrogen (secondary N) is 1. The summed E-state index contributed by atoms with van der Waals surface area (Å²) in [5.41, 5.74) is 2.17. The zero-order valence-corrected chi connectivity index (χ0v) is 8.79. The fourth-order valence-electron chi connectivity index (χ4n) is 1.36. The van der Waals surface area contributed by atoms with E-state index in [0.29, 0.717) is 0 Å². The summed E-state index contributed by atoms with van der Waals surface area (Å²) in [6.07, 6.45) is 5.39. The fourth-order valence-corrected chi connectivity index (χ4v) is 1.36. The molecular formula is C12H15NO. The highest BCUT2D eigenvalue weighted by atomic mass is 16.5. The second-order valence-corrected chi connectivity index (χ2v) is 3.12. The third-order valence-corrected chi connectivity index (χ3v) is 2.22. The van der Waals surface area contributed by atoms with Crippen molar-refractivity contribution in [1.82, 2.24) is 5.32 Å². The molecule has 1 unspecified atom stereocenters. The fraction of sp³-hybridized carbons (Fsp3) is 0.333. The molecule has 0 aliphatic heterocycles. The molecule has 0 saturated heterocycles. The van der Waals surface area contributed by atoms with Crippen LogP contribution in [0.25, 0.3) is 0 Å². The van der Waals surface area contributed by atoms with Crippen LogP contribution in [0.4, 0.5) is 0 Å². The van der Waals surface area contributed by atoms with Crippen LogP contribution in [0.3, 0.4) is 0 Å². The van der Waals surface area contributed by atoms with Crippen LogP contribution in [-0.4, -0.2) is 14.2 Å². The Balaban J connectivity index is 3.06. The molecule has 0 aliphatic rings. The number of terminal acetylenes is 1. The highest BCUT2D eigenvalue weighted by Gasteiger charge is 2.07. The van der Waals surface area contributed by atoms with Gasteiger partial charge in [0.15, 0.2) is 0 Å². The standard InChI is InChI=1S/C12H15NO/c1-5-11(13-3)10-7-6-9(2)12(8-10)14-4/h1,6-8,11,13H,2-4H3. The van der Waals surface area contributed by atoms with Gasteiger partial charge in [-0.3, -0.25) is 0 Å². The summed E-state index contributed by atoms with van der Waals surface area (Å²) in [5.74, 6) is 3.55. The van der Waals surface area contributed by atoms with Gasteiger partial charge in [0.05, 0.1) is 13.2 Å². The first-order valence-electron chi connectivity index (χ1n) is 4.51.